The molecule has 0 aliphatic heterocycles. The van der Waals surface area contributed by atoms with Gasteiger partial charge in [-0.3, -0.25) is 9.71 Å². The van der Waals surface area contributed by atoms with Crippen LogP contribution in [0.1, 0.15) is 5.56 Å². The van der Waals surface area contributed by atoms with Gasteiger partial charge in [-0.25, -0.2) is 13.2 Å². The van der Waals surface area contributed by atoms with E-state index in [-0.39, 0.29) is 11.4 Å². The van der Waals surface area contributed by atoms with Gasteiger partial charge in [0.2, 0.25) is 0 Å². The minimum absolute atomic E-state index is 0.00106. The molecule has 0 fully saturated rings. The molecule has 0 aliphatic rings. The van der Waals surface area contributed by atoms with Gasteiger partial charge in [-0.1, -0.05) is 18.2 Å². The van der Waals surface area contributed by atoms with E-state index in [0.717, 1.165) is 0 Å². The van der Waals surface area contributed by atoms with Crippen molar-refractivity contribution in [2.24, 2.45) is 0 Å². The van der Waals surface area contributed by atoms with E-state index < -0.39 is 16.1 Å². The molecule has 21 heavy (non-hydrogen) atoms. The molecule has 8 heteroatoms. The molecule has 0 radical (unpaired) electrons. The molecule has 7 nitrogen and oxygen atoms in total. The number of aromatic nitrogens is 1. The molecule has 0 saturated heterocycles. The summed E-state index contributed by atoms with van der Waals surface area (Å²) in [5.74, 6) is 0. The van der Waals surface area contributed by atoms with Crippen molar-refractivity contribution in [3.8, 4) is 0 Å². The number of benzene rings is 1. The Labute approximate surface area is 121 Å². The predicted molar refractivity (Wildman–Crippen MR) is 76.4 cm³/mol. The highest BCUT2D eigenvalue weighted by Gasteiger charge is 2.15. The number of para-hydroxylation sites is 1. The van der Waals surface area contributed by atoms with Crippen LogP contribution in [0.5, 0.6) is 0 Å². The Balaban J connectivity index is 2.25. The number of anilines is 1. The topological polar surface area (TPSA) is 108 Å². The van der Waals surface area contributed by atoms with Crippen molar-refractivity contribution in [3.63, 3.8) is 0 Å². The lowest BCUT2D eigenvalue weighted by molar-refractivity contribution is 0.194. The van der Waals surface area contributed by atoms with Crippen LogP contribution >= 0.6 is 0 Å². The number of amides is 1. The van der Waals surface area contributed by atoms with Gasteiger partial charge in [-0.05, 0) is 23.8 Å². The Bertz CT molecular complexity index is 732. The van der Waals surface area contributed by atoms with Crippen LogP contribution in [0.3, 0.4) is 0 Å². The highest BCUT2D eigenvalue weighted by atomic mass is 32.2. The van der Waals surface area contributed by atoms with Crippen LogP contribution in [0, 0.1) is 0 Å². The zero-order valence-electron chi connectivity index (χ0n) is 10.9. The van der Waals surface area contributed by atoms with Crippen molar-refractivity contribution in [3.05, 3.63) is 54.4 Å². The highest BCUT2D eigenvalue weighted by molar-refractivity contribution is 7.92. The third-order valence-corrected chi connectivity index (χ3v) is 3.99. The number of carboxylic acid groups (broad SMARTS) is 1. The molecule has 0 bridgehead atoms. The van der Waals surface area contributed by atoms with Crippen LogP contribution in [0.15, 0.2) is 53.7 Å². The first-order valence-corrected chi connectivity index (χ1v) is 7.45. The van der Waals surface area contributed by atoms with Gasteiger partial charge in [0, 0.05) is 18.9 Å². The summed E-state index contributed by atoms with van der Waals surface area (Å²) in [5, 5.41) is 10.8. The molecule has 1 aromatic carbocycles. The quantitative estimate of drug-likeness (QED) is 0.778. The normalized spacial score (nSPS) is 10.9. The van der Waals surface area contributed by atoms with Gasteiger partial charge in [-0.15, -0.1) is 0 Å². The summed E-state index contributed by atoms with van der Waals surface area (Å²) in [5.41, 5.74) is 0.836. The first-order valence-electron chi connectivity index (χ1n) is 5.96. The maximum atomic E-state index is 12.2. The molecular weight excluding hydrogens is 294 g/mol. The predicted octanol–water partition coefficient (Wildman–Crippen LogP) is 1.65. The maximum absolute atomic E-state index is 12.2. The minimum atomic E-state index is -3.76. The SMILES string of the molecule is O=C(O)NCc1ccccc1NS(=O)(=O)c1cccnc1. The molecule has 1 aromatic heterocycles. The number of nitrogens with one attached hydrogen (secondary N) is 2. The third-order valence-electron chi connectivity index (χ3n) is 2.64. The van der Waals surface area contributed by atoms with E-state index >= 15 is 0 Å². The summed E-state index contributed by atoms with van der Waals surface area (Å²) >= 11 is 0. The summed E-state index contributed by atoms with van der Waals surface area (Å²) in [7, 11) is -3.76. The number of carbonyl (C=O) groups is 1. The van der Waals surface area contributed by atoms with Crippen molar-refractivity contribution in [2.45, 2.75) is 11.4 Å². The summed E-state index contributed by atoms with van der Waals surface area (Å²) in [6.07, 6.45) is 1.53. The van der Waals surface area contributed by atoms with E-state index in [1.54, 1.807) is 24.3 Å². The van der Waals surface area contributed by atoms with Crippen molar-refractivity contribution in [1.29, 1.82) is 0 Å². The molecule has 0 atom stereocenters. The Kier molecular flexibility index (Phi) is 4.39. The second-order valence-corrected chi connectivity index (χ2v) is 5.79. The Morgan fingerprint density at radius 1 is 1.19 bits per heavy atom. The van der Waals surface area contributed by atoms with E-state index in [0.29, 0.717) is 11.3 Å². The maximum Gasteiger partial charge on any atom is 0.404 e. The molecule has 0 aliphatic carbocycles. The van der Waals surface area contributed by atoms with Crippen molar-refractivity contribution in [1.82, 2.24) is 10.3 Å². The molecule has 0 saturated carbocycles. The van der Waals surface area contributed by atoms with Crippen LogP contribution in [-0.4, -0.2) is 24.6 Å². The molecule has 1 heterocycles. The van der Waals surface area contributed by atoms with E-state index in [1.807, 2.05) is 0 Å². The Morgan fingerprint density at radius 2 is 1.95 bits per heavy atom. The summed E-state index contributed by atoms with van der Waals surface area (Å²) < 4.78 is 26.8. The van der Waals surface area contributed by atoms with Gasteiger partial charge in [0.05, 0.1) is 5.69 Å². The van der Waals surface area contributed by atoms with Gasteiger partial charge >= 0.3 is 6.09 Å². The molecule has 0 spiro atoms. The lowest BCUT2D eigenvalue weighted by Crippen LogP contribution is -2.21. The summed E-state index contributed by atoms with van der Waals surface area (Å²) in [4.78, 5) is 14.3. The standard InChI is InChI=1S/C13H13N3O4S/c17-13(18)15-8-10-4-1-2-6-12(10)16-21(19,20)11-5-3-7-14-9-11/h1-7,9,15-16H,8H2,(H,17,18). The first kappa shape index (κ1) is 14.8. The number of rotatable bonds is 5. The first-order chi connectivity index (χ1) is 9.99. The van der Waals surface area contributed by atoms with E-state index in [9.17, 15) is 13.2 Å². The van der Waals surface area contributed by atoms with Gasteiger partial charge < -0.3 is 10.4 Å². The number of hydrogen-bond donors (Lipinski definition) is 3. The average Bonchev–Trinajstić information content (AvgIpc) is 2.47. The number of hydrogen-bond acceptors (Lipinski definition) is 4. The van der Waals surface area contributed by atoms with Gasteiger partial charge in [-0.2, -0.15) is 0 Å². The lowest BCUT2D eigenvalue weighted by atomic mass is 10.2. The lowest BCUT2D eigenvalue weighted by Gasteiger charge is -2.12. The zero-order chi connectivity index (χ0) is 15.3. The average molecular weight is 307 g/mol. The highest BCUT2D eigenvalue weighted by Crippen LogP contribution is 2.19. The number of nitrogens with zero attached hydrogens (tertiary/aromatic N) is 1. The molecule has 0 unspecified atom stereocenters. The summed E-state index contributed by atoms with van der Waals surface area (Å²) in [6, 6.07) is 9.50. The number of pyridine rings is 1. The monoisotopic (exact) mass is 307 g/mol. The number of sulfonamides is 1. The van der Waals surface area contributed by atoms with Crippen molar-refractivity contribution >= 4 is 21.8 Å². The zero-order valence-corrected chi connectivity index (χ0v) is 11.7. The molecule has 3 N–H and O–H groups in total. The summed E-state index contributed by atoms with van der Waals surface area (Å²) in [6.45, 7) is 0.00106. The molecular formula is C13H13N3O4S. The van der Waals surface area contributed by atoms with Gasteiger partial charge in [0.15, 0.2) is 0 Å². The molecule has 110 valence electrons. The van der Waals surface area contributed by atoms with Crippen molar-refractivity contribution < 1.29 is 18.3 Å². The molecule has 2 aromatic rings. The van der Waals surface area contributed by atoms with Crippen molar-refractivity contribution in [2.75, 3.05) is 4.72 Å². The van der Waals surface area contributed by atoms with Gasteiger partial charge in [0.1, 0.15) is 4.90 Å². The second-order valence-electron chi connectivity index (χ2n) is 4.11. The fourth-order valence-corrected chi connectivity index (χ4v) is 2.72. The molecule has 1 amide bonds. The second kappa shape index (κ2) is 6.23. The third kappa shape index (κ3) is 3.93. The fourth-order valence-electron chi connectivity index (χ4n) is 1.65. The van der Waals surface area contributed by atoms with Crippen LogP contribution in [-0.2, 0) is 16.6 Å². The van der Waals surface area contributed by atoms with Gasteiger partial charge in [0.25, 0.3) is 10.0 Å². The van der Waals surface area contributed by atoms with E-state index in [2.05, 4.69) is 15.0 Å². The van der Waals surface area contributed by atoms with Crippen LogP contribution in [0.2, 0.25) is 0 Å². The fraction of sp³-hybridized carbons (Fsp3) is 0.0769. The van der Waals surface area contributed by atoms with Crippen LogP contribution < -0.4 is 10.0 Å². The van der Waals surface area contributed by atoms with Crippen LogP contribution in [0.25, 0.3) is 0 Å². The van der Waals surface area contributed by atoms with E-state index in [1.165, 1.54) is 24.5 Å². The Hall–Kier alpha value is -2.61. The Morgan fingerprint density at radius 3 is 2.62 bits per heavy atom. The van der Waals surface area contributed by atoms with Crippen LogP contribution in [0.4, 0.5) is 10.5 Å². The molecule has 2 rings (SSSR count). The minimum Gasteiger partial charge on any atom is -0.465 e. The smallest absolute Gasteiger partial charge is 0.404 e. The largest absolute Gasteiger partial charge is 0.465 e. The van der Waals surface area contributed by atoms with E-state index in [4.69, 9.17) is 5.11 Å².